The minimum absolute atomic E-state index is 0.189. The van der Waals surface area contributed by atoms with Gasteiger partial charge >= 0.3 is 0 Å². The van der Waals surface area contributed by atoms with E-state index in [4.69, 9.17) is 4.42 Å². The summed E-state index contributed by atoms with van der Waals surface area (Å²) in [6.07, 6.45) is 2.77. The van der Waals surface area contributed by atoms with E-state index >= 15 is 0 Å². The Morgan fingerprint density at radius 3 is 2.58 bits per heavy atom. The van der Waals surface area contributed by atoms with Gasteiger partial charge < -0.3 is 9.73 Å². The first-order chi connectivity index (χ1) is 14.8. The van der Waals surface area contributed by atoms with Gasteiger partial charge in [0, 0.05) is 18.8 Å². The highest BCUT2D eigenvalue weighted by Gasteiger charge is 2.27. The maximum absolute atomic E-state index is 13.0. The molecule has 0 saturated carbocycles. The van der Waals surface area contributed by atoms with Gasteiger partial charge in [-0.1, -0.05) is 18.2 Å². The van der Waals surface area contributed by atoms with E-state index in [9.17, 15) is 17.6 Å². The van der Waals surface area contributed by atoms with Crippen LogP contribution >= 0.6 is 11.8 Å². The van der Waals surface area contributed by atoms with Gasteiger partial charge in [0.15, 0.2) is 5.58 Å². The third kappa shape index (κ3) is 4.91. The summed E-state index contributed by atoms with van der Waals surface area (Å²) < 4.78 is 46.0. The first-order valence-electron chi connectivity index (χ1n) is 9.97. The Morgan fingerprint density at radius 1 is 1.16 bits per heavy atom. The fraction of sp³-hybridized carbons (Fsp3) is 0.333. The zero-order valence-electron chi connectivity index (χ0n) is 16.9. The van der Waals surface area contributed by atoms with Crippen LogP contribution in [-0.4, -0.2) is 42.0 Å². The largest absolute Gasteiger partial charge is 0.431 e. The van der Waals surface area contributed by atoms with Gasteiger partial charge in [0.1, 0.15) is 11.3 Å². The summed E-state index contributed by atoms with van der Waals surface area (Å²) in [6, 6.07) is 10.1. The zero-order valence-corrected chi connectivity index (χ0v) is 18.5. The molecule has 3 aromatic rings. The normalized spacial score (nSPS) is 16.3. The van der Waals surface area contributed by atoms with Crippen molar-refractivity contribution in [3.05, 3.63) is 48.3 Å². The number of fused-ring (bicyclic) bond motifs is 1. The molecular weight excluding hydrogens is 441 g/mol. The average Bonchev–Trinajstić information content (AvgIpc) is 3.17. The highest BCUT2D eigenvalue weighted by Crippen LogP contribution is 2.30. The van der Waals surface area contributed by atoms with Crippen LogP contribution in [0.2, 0.25) is 0 Å². The number of nitrogens with one attached hydrogen (secondary N) is 1. The van der Waals surface area contributed by atoms with E-state index in [-0.39, 0.29) is 21.8 Å². The van der Waals surface area contributed by atoms with Gasteiger partial charge in [0.05, 0.1) is 10.1 Å². The first kappa shape index (κ1) is 21.8. The molecule has 4 rings (SSSR count). The second kappa shape index (κ2) is 8.97. The number of aromatic nitrogens is 1. The van der Waals surface area contributed by atoms with Gasteiger partial charge in [-0.3, -0.25) is 4.79 Å². The maximum atomic E-state index is 13.0. The average molecular weight is 464 g/mol. The van der Waals surface area contributed by atoms with E-state index in [1.54, 1.807) is 13.0 Å². The number of benzene rings is 2. The van der Waals surface area contributed by atoms with Crippen LogP contribution in [0.1, 0.15) is 26.2 Å². The maximum Gasteiger partial charge on any atom is 0.257 e. The number of hydrogen-bond donors (Lipinski definition) is 1. The molecule has 0 spiro atoms. The third-order valence-corrected chi connectivity index (χ3v) is 7.89. The second-order valence-electron chi connectivity index (χ2n) is 7.33. The van der Waals surface area contributed by atoms with Gasteiger partial charge in [0.2, 0.25) is 15.9 Å². The first-order valence-corrected chi connectivity index (χ1v) is 12.3. The number of thioether (sulfide) groups is 1. The molecule has 1 aromatic heterocycles. The lowest BCUT2D eigenvalue weighted by atomic mass is 10.2. The van der Waals surface area contributed by atoms with Crippen LogP contribution in [0.4, 0.5) is 10.1 Å². The topological polar surface area (TPSA) is 92.5 Å². The summed E-state index contributed by atoms with van der Waals surface area (Å²) in [6.45, 7) is 2.76. The smallest absolute Gasteiger partial charge is 0.257 e. The van der Waals surface area contributed by atoms with Crippen LogP contribution in [0, 0.1) is 5.82 Å². The number of carbonyl (C=O) groups is 1. The standard InChI is InChI=1S/C21H22FN3O4S2/c1-14(20(26)23-16-7-5-15(22)6-8-16)30-21-24-18-13-17(9-10-19(18)29-21)31(27,28)25-11-3-2-4-12-25/h5-10,13-14H,2-4,11-12H2,1H3,(H,23,26)/t14-/m0/s1. The Labute approximate surface area is 184 Å². The Kier molecular flexibility index (Phi) is 6.31. The predicted octanol–water partition coefficient (Wildman–Crippen LogP) is 4.26. The van der Waals surface area contributed by atoms with Crippen molar-refractivity contribution in [2.24, 2.45) is 0 Å². The molecular formula is C21H22FN3O4S2. The van der Waals surface area contributed by atoms with E-state index in [2.05, 4.69) is 10.3 Å². The molecule has 7 nitrogen and oxygen atoms in total. The molecule has 164 valence electrons. The van der Waals surface area contributed by atoms with E-state index in [1.807, 2.05) is 0 Å². The quantitative estimate of drug-likeness (QED) is 0.549. The number of nitrogens with zero attached hydrogens (tertiary/aromatic N) is 2. The van der Waals surface area contributed by atoms with Gasteiger partial charge in [0.25, 0.3) is 5.22 Å². The summed E-state index contributed by atoms with van der Waals surface area (Å²) in [5.41, 5.74) is 1.36. The number of anilines is 1. The lowest BCUT2D eigenvalue weighted by molar-refractivity contribution is -0.115. The molecule has 1 fully saturated rings. The number of rotatable bonds is 6. The number of piperidine rings is 1. The Hall–Kier alpha value is -2.43. The minimum Gasteiger partial charge on any atom is -0.431 e. The highest BCUT2D eigenvalue weighted by atomic mass is 32.2. The summed E-state index contributed by atoms with van der Waals surface area (Å²) in [7, 11) is -3.56. The Morgan fingerprint density at radius 2 is 1.87 bits per heavy atom. The number of carbonyl (C=O) groups excluding carboxylic acids is 1. The molecule has 0 radical (unpaired) electrons. The lowest BCUT2D eigenvalue weighted by Crippen LogP contribution is -2.35. The lowest BCUT2D eigenvalue weighted by Gasteiger charge is -2.25. The van der Waals surface area contributed by atoms with Crippen molar-refractivity contribution >= 4 is 44.5 Å². The minimum atomic E-state index is -3.56. The van der Waals surface area contributed by atoms with Crippen molar-refractivity contribution in [2.45, 2.75) is 41.6 Å². The molecule has 1 N–H and O–H groups in total. The van der Waals surface area contributed by atoms with Crippen LogP contribution in [0.5, 0.6) is 0 Å². The van der Waals surface area contributed by atoms with Crippen molar-refractivity contribution in [1.82, 2.24) is 9.29 Å². The van der Waals surface area contributed by atoms with E-state index < -0.39 is 15.3 Å². The monoisotopic (exact) mass is 463 g/mol. The van der Waals surface area contributed by atoms with E-state index in [0.717, 1.165) is 31.0 Å². The fourth-order valence-corrected chi connectivity index (χ4v) is 5.63. The summed E-state index contributed by atoms with van der Waals surface area (Å²) in [5, 5.41) is 2.44. The molecule has 2 aromatic carbocycles. The summed E-state index contributed by atoms with van der Waals surface area (Å²) >= 11 is 1.12. The second-order valence-corrected chi connectivity index (χ2v) is 10.6. The van der Waals surface area contributed by atoms with Gasteiger partial charge in [-0.05, 0) is 62.2 Å². The molecule has 1 aliphatic rings. The van der Waals surface area contributed by atoms with Gasteiger partial charge in [-0.15, -0.1) is 0 Å². The molecule has 1 aliphatic heterocycles. The summed E-state index contributed by atoms with van der Waals surface area (Å²) in [5.74, 6) is -0.666. The number of hydrogen-bond acceptors (Lipinski definition) is 6. The van der Waals surface area contributed by atoms with Crippen molar-refractivity contribution in [1.29, 1.82) is 0 Å². The predicted molar refractivity (Wildman–Crippen MR) is 117 cm³/mol. The van der Waals surface area contributed by atoms with E-state index in [1.165, 1.54) is 40.7 Å². The Balaban J connectivity index is 1.47. The van der Waals surface area contributed by atoms with Crippen molar-refractivity contribution in [2.75, 3.05) is 18.4 Å². The molecule has 2 heterocycles. The molecule has 10 heteroatoms. The van der Waals surface area contributed by atoms with Crippen LogP contribution in [0.25, 0.3) is 11.1 Å². The number of halogens is 1. The number of amides is 1. The van der Waals surface area contributed by atoms with E-state index in [0.29, 0.717) is 29.9 Å². The molecule has 1 atom stereocenters. The van der Waals surface area contributed by atoms with Crippen LogP contribution in [-0.2, 0) is 14.8 Å². The van der Waals surface area contributed by atoms with Crippen molar-refractivity contribution in [3.63, 3.8) is 0 Å². The Bertz CT molecular complexity index is 1190. The van der Waals surface area contributed by atoms with Crippen molar-refractivity contribution in [3.8, 4) is 0 Å². The molecule has 1 saturated heterocycles. The molecule has 1 amide bonds. The zero-order chi connectivity index (χ0) is 22.0. The van der Waals surface area contributed by atoms with Gasteiger partial charge in [-0.25, -0.2) is 17.8 Å². The number of oxazole rings is 1. The molecule has 31 heavy (non-hydrogen) atoms. The van der Waals surface area contributed by atoms with Crippen LogP contribution in [0.15, 0.2) is 57.0 Å². The van der Waals surface area contributed by atoms with Crippen LogP contribution < -0.4 is 5.32 Å². The van der Waals surface area contributed by atoms with Crippen molar-refractivity contribution < 1.29 is 22.0 Å². The fourth-order valence-electron chi connectivity index (χ4n) is 3.33. The molecule has 0 bridgehead atoms. The number of sulfonamides is 1. The third-order valence-electron chi connectivity index (χ3n) is 5.05. The molecule has 0 aliphatic carbocycles. The SMILES string of the molecule is C[C@H](Sc1nc2cc(S(=O)(=O)N3CCCCC3)ccc2o1)C(=O)Nc1ccc(F)cc1. The highest BCUT2D eigenvalue weighted by molar-refractivity contribution is 8.00. The molecule has 0 unspecified atom stereocenters. The van der Waals surface area contributed by atoms with Crippen LogP contribution in [0.3, 0.4) is 0 Å². The van der Waals surface area contributed by atoms with Gasteiger partial charge in [-0.2, -0.15) is 4.31 Å². The summed E-state index contributed by atoms with van der Waals surface area (Å²) in [4.78, 5) is 16.9.